The minimum atomic E-state index is -3.86. The number of sulfonamides is 1. The molecule has 0 atom stereocenters. The van der Waals surface area contributed by atoms with Crippen LogP contribution in [0.3, 0.4) is 0 Å². The number of anilines is 1. The van der Waals surface area contributed by atoms with Gasteiger partial charge in [-0.15, -0.1) is 0 Å². The Labute approximate surface area is 175 Å². The molecule has 1 N–H and O–H groups in total. The van der Waals surface area contributed by atoms with E-state index < -0.39 is 45.7 Å². The van der Waals surface area contributed by atoms with Crippen molar-refractivity contribution in [2.75, 3.05) is 26.0 Å². The zero-order valence-electron chi connectivity index (χ0n) is 15.0. The topological polar surface area (TPSA) is 92.8 Å². The van der Waals surface area contributed by atoms with Crippen molar-refractivity contribution in [3.8, 4) is 0 Å². The number of nitrogens with one attached hydrogen (secondary N) is 1. The largest absolute Gasteiger partial charge is 0.452 e. The van der Waals surface area contributed by atoms with Crippen molar-refractivity contribution >= 4 is 50.8 Å². The molecule has 0 saturated carbocycles. The summed E-state index contributed by atoms with van der Waals surface area (Å²) in [6.45, 7) is -0.785. The number of hydrogen-bond acceptors (Lipinski definition) is 5. The smallest absolute Gasteiger partial charge is 0.340 e. The zero-order valence-corrected chi connectivity index (χ0v) is 17.3. The molecule has 0 radical (unpaired) electrons. The molecule has 1 amide bonds. The Morgan fingerprint density at radius 2 is 1.69 bits per heavy atom. The molecule has 0 fully saturated rings. The number of nitrogens with zero attached hydrogens (tertiary/aromatic N) is 1. The lowest BCUT2D eigenvalue weighted by Gasteiger charge is -2.14. The third-order valence-corrected chi connectivity index (χ3v) is 6.15. The molecule has 2 aromatic carbocycles. The number of halogens is 4. The summed E-state index contributed by atoms with van der Waals surface area (Å²) < 4.78 is 56.4. The number of ether oxygens (including phenoxy) is 1. The van der Waals surface area contributed by atoms with Crippen LogP contribution in [0.2, 0.25) is 10.0 Å². The van der Waals surface area contributed by atoms with E-state index >= 15 is 0 Å². The number of carbonyl (C=O) groups excluding carboxylic acids is 2. The molecule has 0 aromatic heterocycles. The van der Waals surface area contributed by atoms with Gasteiger partial charge in [-0.3, -0.25) is 4.79 Å². The number of carbonyl (C=O) groups is 2. The fourth-order valence-electron chi connectivity index (χ4n) is 2.06. The van der Waals surface area contributed by atoms with Crippen LogP contribution in [0.15, 0.2) is 35.2 Å². The zero-order chi connectivity index (χ0) is 21.9. The summed E-state index contributed by atoms with van der Waals surface area (Å²) in [5, 5.41) is 1.91. The third-order valence-electron chi connectivity index (χ3n) is 3.54. The number of hydrogen-bond donors (Lipinski definition) is 1. The number of esters is 1. The number of rotatable bonds is 6. The third kappa shape index (κ3) is 5.41. The monoisotopic (exact) mass is 466 g/mol. The van der Waals surface area contributed by atoms with Gasteiger partial charge in [0.05, 0.1) is 15.6 Å². The summed E-state index contributed by atoms with van der Waals surface area (Å²) in [6.07, 6.45) is 0. The Bertz CT molecular complexity index is 1080. The highest BCUT2D eigenvalue weighted by molar-refractivity contribution is 7.89. The highest BCUT2D eigenvalue weighted by Gasteiger charge is 2.22. The van der Waals surface area contributed by atoms with Crippen molar-refractivity contribution in [2.45, 2.75) is 4.90 Å². The van der Waals surface area contributed by atoms with Crippen LogP contribution >= 0.6 is 23.2 Å². The Morgan fingerprint density at radius 1 is 1.07 bits per heavy atom. The fourth-order valence-corrected chi connectivity index (χ4v) is 3.68. The molecule has 0 bridgehead atoms. The van der Waals surface area contributed by atoms with Crippen LogP contribution in [0.5, 0.6) is 0 Å². The lowest BCUT2D eigenvalue weighted by atomic mass is 10.2. The van der Waals surface area contributed by atoms with Crippen LogP contribution in [0.1, 0.15) is 10.4 Å². The Balaban J connectivity index is 2.09. The molecule has 0 aliphatic carbocycles. The fraction of sp³-hybridized carbons (Fsp3) is 0.176. The maximum absolute atomic E-state index is 13.2. The van der Waals surface area contributed by atoms with Gasteiger partial charge in [-0.05, 0) is 30.3 Å². The molecule has 0 aliphatic heterocycles. The molecular formula is C17H14Cl2F2N2O5S. The van der Waals surface area contributed by atoms with E-state index in [4.69, 9.17) is 27.9 Å². The summed E-state index contributed by atoms with van der Waals surface area (Å²) in [7, 11) is -1.22. The first-order valence-corrected chi connectivity index (χ1v) is 9.96. The van der Waals surface area contributed by atoms with E-state index in [1.54, 1.807) is 0 Å². The number of benzene rings is 2. The van der Waals surface area contributed by atoms with Crippen LogP contribution in [0, 0.1) is 11.6 Å². The van der Waals surface area contributed by atoms with Gasteiger partial charge in [-0.25, -0.2) is 26.3 Å². The lowest BCUT2D eigenvalue weighted by molar-refractivity contribution is -0.119. The highest BCUT2D eigenvalue weighted by atomic mass is 35.5. The van der Waals surface area contributed by atoms with E-state index in [0.29, 0.717) is 12.1 Å². The molecule has 0 heterocycles. The predicted molar refractivity (Wildman–Crippen MR) is 103 cm³/mol. The molecule has 2 aromatic rings. The van der Waals surface area contributed by atoms with Gasteiger partial charge in [-0.1, -0.05) is 23.2 Å². The first kappa shape index (κ1) is 23.0. The van der Waals surface area contributed by atoms with Crippen molar-refractivity contribution < 1.29 is 31.5 Å². The number of amides is 1. The maximum atomic E-state index is 13.2. The Hall–Kier alpha value is -2.27. The van der Waals surface area contributed by atoms with Crippen LogP contribution in [-0.2, 0) is 19.6 Å². The SMILES string of the molecule is CN(C)S(=O)(=O)c1cc(NC(=O)COC(=O)c2cc(F)c(F)cc2Cl)ccc1Cl. The Kier molecular flexibility index (Phi) is 7.17. The van der Waals surface area contributed by atoms with Gasteiger partial charge in [0.2, 0.25) is 10.0 Å². The second-order valence-corrected chi connectivity index (χ2v) is 8.74. The van der Waals surface area contributed by atoms with Gasteiger partial charge in [0, 0.05) is 19.8 Å². The summed E-state index contributed by atoms with van der Waals surface area (Å²) in [4.78, 5) is 23.7. The molecule has 2 rings (SSSR count). The van der Waals surface area contributed by atoms with E-state index in [1.807, 2.05) is 0 Å². The van der Waals surface area contributed by atoms with Crippen molar-refractivity contribution in [1.29, 1.82) is 0 Å². The molecule has 0 saturated heterocycles. The van der Waals surface area contributed by atoms with Gasteiger partial charge in [0.1, 0.15) is 4.90 Å². The van der Waals surface area contributed by atoms with Gasteiger partial charge in [-0.2, -0.15) is 0 Å². The van der Waals surface area contributed by atoms with E-state index in [1.165, 1.54) is 26.2 Å². The normalized spacial score (nSPS) is 11.4. The first-order valence-electron chi connectivity index (χ1n) is 7.77. The van der Waals surface area contributed by atoms with Crippen molar-refractivity contribution in [3.05, 3.63) is 57.6 Å². The van der Waals surface area contributed by atoms with Crippen molar-refractivity contribution in [2.24, 2.45) is 0 Å². The van der Waals surface area contributed by atoms with E-state index in [9.17, 15) is 26.8 Å². The maximum Gasteiger partial charge on any atom is 0.340 e. The van der Waals surface area contributed by atoms with Gasteiger partial charge in [0.25, 0.3) is 5.91 Å². The molecule has 29 heavy (non-hydrogen) atoms. The molecule has 0 unspecified atom stereocenters. The van der Waals surface area contributed by atoms with Crippen LogP contribution in [0.4, 0.5) is 14.5 Å². The summed E-state index contributed by atoms with van der Waals surface area (Å²) in [6, 6.07) is 4.93. The van der Waals surface area contributed by atoms with E-state index in [0.717, 1.165) is 10.4 Å². The summed E-state index contributed by atoms with van der Waals surface area (Å²) >= 11 is 11.6. The minimum Gasteiger partial charge on any atom is -0.452 e. The Morgan fingerprint density at radius 3 is 2.31 bits per heavy atom. The average molecular weight is 467 g/mol. The van der Waals surface area contributed by atoms with Crippen molar-refractivity contribution in [1.82, 2.24) is 4.31 Å². The minimum absolute atomic E-state index is 0.0453. The van der Waals surface area contributed by atoms with Gasteiger partial charge >= 0.3 is 5.97 Å². The van der Waals surface area contributed by atoms with Gasteiger partial charge in [0.15, 0.2) is 18.2 Å². The quantitative estimate of drug-likeness (QED) is 0.520. The van der Waals surface area contributed by atoms with Crippen LogP contribution < -0.4 is 5.32 Å². The van der Waals surface area contributed by atoms with Gasteiger partial charge < -0.3 is 10.1 Å². The first-order chi connectivity index (χ1) is 13.4. The molecule has 0 aliphatic rings. The standard InChI is InChI=1S/C17H14Cl2F2N2O5S/c1-23(2)29(26,27)15-5-9(3-4-11(15)18)22-16(24)8-28-17(25)10-6-13(20)14(21)7-12(10)19/h3-7H,8H2,1-2H3,(H,22,24). The van der Waals surface area contributed by atoms with E-state index in [2.05, 4.69) is 5.32 Å². The predicted octanol–water partition coefficient (Wildman–Crippen LogP) is 3.32. The molecule has 156 valence electrons. The molecular weight excluding hydrogens is 453 g/mol. The lowest BCUT2D eigenvalue weighted by Crippen LogP contribution is -2.23. The van der Waals surface area contributed by atoms with Crippen LogP contribution in [0.25, 0.3) is 0 Å². The summed E-state index contributed by atoms with van der Waals surface area (Å²) in [5.74, 6) is -4.50. The van der Waals surface area contributed by atoms with E-state index in [-0.39, 0.29) is 20.6 Å². The highest BCUT2D eigenvalue weighted by Crippen LogP contribution is 2.27. The van der Waals surface area contributed by atoms with Crippen molar-refractivity contribution in [3.63, 3.8) is 0 Å². The second kappa shape index (κ2) is 9.04. The second-order valence-electron chi connectivity index (χ2n) is 5.80. The molecule has 7 nitrogen and oxygen atoms in total. The molecule has 0 spiro atoms. The molecule has 12 heteroatoms. The summed E-state index contributed by atoms with van der Waals surface area (Å²) in [5.41, 5.74) is -0.369. The van der Waals surface area contributed by atoms with Crippen LogP contribution in [-0.4, -0.2) is 45.3 Å². The average Bonchev–Trinajstić information content (AvgIpc) is 2.64.